The number of halogens is 5. The van der Waals surface area contributed by atoms with Crippen LogP contribution in [0.15, 0.2) is 22.7 Å². The molecule has 3 nitrogen and oxygen atoms in total. The summed E-state index contributed by atoms with van der Waals surface area (Å²) in [4.78, 5) is 11.7. The van der Waals surface area contributed by atoms with Crippen LogP contribution in [-0.2, 0) is 9.53 Å². The number of ether oxygens (including phenoxy) is 1. The standard InChI is InChI=1S/C15H18BrF4NO2/c1-8(2)6-12(14(22)23-3)21-13(15(18,19)20)9-4-5-11(17)10(16)7-9/h4-5,7-8,12-13,21H,6H2,1-3H3. The van der Waals surface area contributed by atoms with E-state index in [1.807, 2.05) is 0 Å². The zero-order chi connectivity index (χ0) is 17.8. The van der Waals surface area contributed by atoms with Crippen molar-refractivity contribution in [2.45, 2.75) is 38.5 Å². The quantitative estimate of drug-likeness (QED) is 0.570. The van der Waals surface area contributed by atoms with Gasteiger partial charge in [0.2, 0.25) is 0 Å². The third kappa shape index (κ3) is 5.76. The highest BCUT2D eigenvalue weighted by Gasteiger charge is 2.43. The lowest BCUT2D eigenvalue weighted by molar-refractivity contribution is -0.164. The summed E-state index contributed by atoms with van der Waals surface area (Å²) >= 11 is 2.87. The average Bonchev–Trinajstić information content (AvgIpc) is 2.44. The smallest absolute Gasteiger partial charge is 0.407 e. The molecule has 0 radical (unpaired) electrons. The Labute approximate surface area is 140 Å². The van der Waals surface area contributed by atoms with Crippen molar-refractivity contribution >= 4 is 21.9 Å². The first kappa shape index (κ1) is 19.9. The van der Waals surface area contributed by atoms with E-state index in [2.05, 4.69) is 26.0 Å². The van der Waals surface area contributed by atoms with Gasteiger partial charge >= 0.3 is 12.1 Å². The van der Waals surface area contributed by atoms with E-state index in [1.54, 1.807) is 13.8 Å². The predicted molar refractivity (Wildman–Crippen MR) is 81.3 cm³/mol. The van der Waals surface area contributed by atoms with Crippen molar-refractivity contribution in [2.75, 3.05) is 7.11 Å². The highest BCUT2D eigenvalue weighted by Crippen LogP contribution is 2.35. The minimum atomic E-state index is -4.65. The van der Waals surface area contributed by atoms with Crippen LogP contribution < -0.4 is 5.32 Å². The molecule has 0 saturated heterocycles. The molecular weight excluding hydrogens is 382 g/mol. The number of rotatable bonds is 6. The van der Waals surface area contributed by atoms with Gasteiger partial charge < -0.3 is 4.74 Å². The van der Waals surface area contributed by atoms with E-state index < -0.39 is 30.0 Å². The fourth-order valence-corrected chi connectivity index (χ4v) is 2.52. The minimum Gasteiger partial charge on any atom is -0.468 e. The monoisotopic (exact) mass is 399 g/mol. The molecule has 1 N–H and O–H groups in total. The maximum atomic E-state index is 13.4. The van der Waals surface area contributed by atoms with Crippen LogP contribution in [0.5, 0.6) is 0 Å². The second-order valence-corrected chi connectivity index (χ2v) is 6.37. The number of benzene rings is 1. The van der Waals surface area contributed by atoms with E-state index >= 15 is 0 Å². The molecule has 2 atom stereocenters. The van der Waals surface area contributed by atoms with Crippen molar-refractivity contribution in [3.8, 4) is 0 Å². The molecule has 0 saturated carbocycles. The average molecular weight is 400 g/mol. The molecule has 1 aromatic rings. The first-order chi connectivity index (χ1) is 10.6. The van der Waals surface area contributed by atoms with Crippen LogP contribution in [0.25, 0.3) is 0 Å². The lowest BCUT2D eigenvalue weighted by Crippen LogP contribution is -2.45. The Morgan fingerprint density at radius 2 is 1.96 bits per heavy atom. The topological polar surface area (TPSA) is 38.3 Å². The summed E-state index contributed by atoms with van der Waals surface area (Å²) in [7, 11) is 1.12. The van der Waals surface area contributed by atoms with Gasteiger partial charge in [0, 0.05) is 0 Å². The maximum absolute atomic E-state index is 13.4. The summed E-state index contributed by atoms with van der Waals surface area (Å²) in [6.45, 7) is 3.57. The normalized spacial score (nSPS) is 14.7. The molecule has 0 aromatic heterocycles. The Hall–Kier alpha value is -1.15. The predicted octanol–water partition coefficient (Wildman–Crippen LogP) is 4.37. The van der Waals surface area contributed by atoms with Crippen molar-refractivity contribution in [1.29, 1.82) is 0 Å². The van der Waals surface area contributed by atoms with E-state index in [4.69, 9.17) is 0 Å². The Morgan fingerprint density at radius 1 is 1.35 bits per heavy atom. The lowest BCUT2D eigenvalue weighted by Gasteiger charge is -2.27. The molecule has 1 aromatic carbocycles. The van der Waals surface area contributed by atoms with Gasteiger partial charge in [0.05, 0.1) is 11.6 Å². The van der Waals surface area contributed by atoms with Crippen molar-refractivity contribution < 1.29 is 27.1 Å². The number of nitrogens with one attached hydrogen (secondary N) is 1. The second-order valence-electron chi connectivity index (χ2n) is 5.52. The van der Waals surface area contributed by atoms with Crippen molar-refractivity contribution in [3.63, 3.8) is 0 Å². The first-order valence-electron chi connectivity index (χ1n) is 6.91. The molecule has 0 bridgehead atoms. The van der Waals surface area contributed by atoms with Crippen LogP contribution in [0.2, 0.25) is 0 Å². The third-order valence-electron chi connectivity index (χ3n) is 3.16. The van der Waals surface area contributed by atoms with E-state index in [0.717, 1.165) is 25.3 Å². The minimum absolute atomic E-state index is 0.0135. The maximum Gasteiger partial charge on any atom is 0.407 e. The van der Waals surface area contributed by atoms with Crippen molar-refractivity contribution in [2.24, 2.45) is 5.92 Å². The molecule has 8 heteroatoms. The van der Waals surface area contributed by atoms with E-state index in [1.165, 1.54) is 0 Å². The van der Waals surface area contributed by atoms with Crippen LogP contribution in [-0.4, -0.2) is 25.3 Å². The number of hydrogen-bond acceptors (Lipinski definition) is 3. The van der Waals surface area contributed by atoms with E-state index in [-0.39, 0.29) is 22.4 Å². The summed E-state index contributed by atoms with van der Waals surface area (Å²) in [5.41, 5.74) is -0.191. The third-order valence-corrected chi connectivity index (χ3v) is 3.77. The highest BCUT2D eigenvalue weighted by molar-refractivity contribution is 9.10. The van der Waals surface area contributed by atoms with Crippen LogP contribution in [0.4, 0.5) is 17.6 Å². The Morgan fingerprint density at radius 3 is 2.39 bits per heavy atom. The summed E-state index contributed by atoms with van der Waals surface area (Å²) in [5.74, 6) is -1.45. The Bertz CT molecular complexity index is 549. The van der Waals surface area contributed by atoms with Crippen LogP contribution in [0.1, 0.15) is 31.9 Å². The first-order valence-corrected chi connectivity index (χ1v) is 7.71. The number of esters is 1. The molecule has 0 aliphatic heterocycles. The van der Waals surface area contributed by atoms with Crippen LogP contribution in [0.3, 0.4) is 0 Å². The fraction of sp³-hybridized carbons (Fsp3) is 0.533. The number of methoxy groups -OCH3 is 1. The molecule has 1 rings (SSSR count). The fourth-order valence-electron chi connectivity index (χ4n) is 2.12. The number of carbonyl (C=O) groups excluding carboxylic acids is 1. The molecule has 0 aliphatic rings. The van der Waals surface area contributed by atoms with Gasteiger partial charge in [-0.25, -0.2) is 4.39 Å². The van der Waals surface area contributed by atoms with Gasteiger partial charge in [0.25, 0.3) is 0 Å². The lowest BCUT2D eigenvalue weighted by atomic mass is 10.00. The van der Waals surface area contributed by atoms with Gasteiger partial charge in [-0.05, 0) is 46.0 Å². The van der Waals surface area contributed by atoms with Crippen LogP contribution >= 0.6 is 15.9 Å². The summed E-state index contributed by atoms with van der Waals surface area (Å²) in [6, 6.07) is -0.202. The number of alkyl halides is 3. The van der Waals surface area contributed by atoms with Gasteiger partial charge in [-0.2, -0.15) is 13.2 Å². The molecule has 0 heterocycles. The zero-order valence-corrected chi connectivity index (χ0v) is 14.5. The Kier molecular flexibility index (Phi) is 7.01. The van der Waals surface area contributed by atoms with E-state index in [9.17, 15) is 22.4 Å². The van der Waals surface area contributed by atoms with Gasteiger partial charge in [-0.1, -0.05) is 19.9 Å². The summed E-state index contributed by atoms with van der Waals surface area (Å²) in [5, 5.41) is 2.30. The zero-order valence-electron chi connectivity index (χ0n) is 12.9. The largest absolute Gasteiger partial charge is 0.468 e. The molecule has 0 spiro atoms. The SMILES string of the molecule is COC(=O)C(CC(C)C)NC(c1ccc(F)c(Br)c1)C(F)(F)F. The van der Waals surface area contributed by atoms with Gasteiger partial charge in [0.1, 0.15) is 17.9 Å². The molecule has 23 heavy (non-hydrogen) atoms. The Balaban J connectivity index is 3.15. The summed E-state index contributed by atoms with van der Waals surface area (Å²) in [6.07, 6.45) is -4.47. The van der Waals surface area contributed by atoms with Crippen molar-refractivity contribution in [3.05, 3.63) is 34.1 Å². The molecule has 2 unspecified atom stereocenters. The number of carbonyl (C=O) groups is 1. The van der Waals surface area contributed by atoms with Crippen molar-refractivity contribution in [1.82, 2.24) is 5.32 Å². The van der Waals surface area contributed by atoms with Gasteiger partial charge in [-0.3, -0.25) is 10.1 Å². The molecule has 0 fully saturated rings. The van der Waals surface area contributed by atoms with Gasteiger partial charge in [0.15, 0.2) is 0 Å². The molecular formula is C15H18BrF4NO2. The van der Waals surface area contributed by atoms with Gasteiger partial charge in [-0.15, -0.1) is 0 Å². The summed E-state index contributed by atoms with van der Waals surface area (Å²) < 4.78 is 57.9. The molecule has 130 valence electrons. The number of hydrogen-bond donors (Lipinski definition) is 1. The molecule has 0 amide bonds. The molecule has 0 aliphatic carbocycles. The van der Waals surface area contributed by atoms with E-state index in [0.29, 0.717) is 0 Å². The highest BCUT2D eigenvalue weighted by atomic mass is 79.9. The second kappa shape index (κ2) is 8.10. The van der Waals surface area contributed by atoms with Crippen LogP contribution in [0, 0.1) is 11.7 Å².